The normalized spacial score (nSPS) is 9.40. The molecule has 0 saturated carbocycles. The quantitative estimate of drug-likeness (QED) is 0.622. The molecule has 1 aromatic heterocycles. The van der Waals surface area contributed by atoms with Crippen LogP contribution < -0.4 is 0 Å². The van der Waals surface area contributed by atoms with Gasteiger partial charge in [0.1, 0.15) is 0 Å². The van der Waals surface area contributed by atoms with E-state index in [1.54, 1.807) is 0 Å². The molecule has 1 heterocycles. The van der Waals surface area contributed by atoms with E-state index in [4.69, 9.17) is 0 Å². The van der Waals surface area contributed by atoms with Gasteiger partial charge in [-0.25, -0.2) is 4.68 Å². The van der Waals surface area contributed by atoms with E-state index in [1.165, 1.54) is 17.1 Å². The number of allylic oxidation sites excluding steroid dienone is 1. The van der Waals surface area contributed by atoms with Crippen LogP contribution in [0.5, 0.6) is 0 Å². The number of hydrogen-bond acceptors (Lipinski definition) is 2. The third kappa shape index (κ3) is 1.93. The minimum absolute atomic E-state index is 0.0718. The van der Waals surface area contributed by atoms with Crippen molar-refractivity contribution in [1.29, 1.82) is 0 Å². The third-order valence-corrected chi connectivity index (χ3v) is 0.905. The molecule has 0 spiro atoms. The lowest BCUT2D eigenvalue weighted by atomic mass is 10.6. The van der Waals surface area contributed by atoms with E-state index in [9.17, 15) is 8.78 Å². The zero-order chi connectivity index (χ0) is 7.40. The summed E-state index contributed by atoms with van der Waals surface area (Å²) in [4.78, 5) is 0. The summed E-state index contributed by atoms with van der Waals surface area (Å²) in [5.74, 6) is 0. The van der Waals surface area contributed by atoms with Crippen LogP contribution in [0, 0.1) is 0 Å². The van der Waals surface area contributed by atoms with Crippen LogP contribution in [0.4, 0.5) is 8.78 Å². The second-order valence-electron chi connectivity index (χ2n) is 1.62. The first kappa shape index (κ1) is 6.85. The van der Waals surface area contributed by atoms with Crippen molar-refractivity contribution in [2.24, 2.45) is 0 Å². The van der Waals surface area contributed by atoms with Crippen molar-refractivity contribution in [3.05, 3.63) is 24.6 Å². The Kier molecular flexibility index (Phi) is 2.09. The molecule has 1 aromatic rings. The van der Waals surface area contributed by atoms with Gasteiger partial charge >= 0.3 is 0 Å². The predicted molar refractivity (Wildman–Crippen MR) is 30.3 cm³/mol. The maximum Gasteiger partial charge on any atom is 0.268 e. The van der Waals surface area contributed by atoms with Gasteiger partial charge in [-0.2, -0.15) is 8.78 Å². The summed E-state index contributed by atoms with van der Waals surface area (Å²) in [5, 5.41) is 6.92. The van der Waals surface area contributed by atoms with E-state index in [0.717, 1.165) is 6.08 Å². The Morgan fingerprint density at radius 2 is 2.40 bits per heavy atom. The average Bonchev–Trinajstić information content (AvgIpc) is 2.34. The van der Waals surface area contributed by atoms with Gasteiger partial charge in [0.25, 0.3) is 6.08 Å². The molecular formula is C5H5F2N3. The predicted octanol–water partition coefficient (Wildman–Crippen LogP) is 1.06. The largest absolute Gasteiger partial charge is 0.268 e. The van der Waals surface area contributed by atoms with Gasteiger partial charge < -0.3 is 0 Å². The number of rotatable bonds is 2. The van der Waals surface area contributed by atoms with Crippen LogP contribution in [0.3, 0.4) is 0 Å². The lowest BCUT2D eigenvalue weighted by Gasteiger charge is -1.89. The number of aromatic nitrogens is 3. The van der Waals surface area contributed by atoms with Crippen molar-refractivity contribution in [3.8, 4) is 0 Å². The van der Waals surface area contributed by atoms with Crippen molar-refractivity contribution < 1.29 is 8.78 Å². The fraction of sp³-hybridized carbons (Fsp3) is 0.200. The molecule has 0 atom stereocenters. The first-order valence-corrected chi connectivity index (χ1v) is 2.64. The first-order chi connectivity index (χ1) is 4.79. The molecule has 0 unspecified atom stereocenters. The molecule has 54 valence electrons. The fourth-order valence-electron chi connectivity index (χ4n) is 0.493. The van der Waals surface area contributed by atoms with Gasteiger partial charge in [-0.3, -0.25) is 0 Å². The van der Waals surface area contributed by atoms with Crippen LogP contribution in [-0.2, 0) is 6.54 Å². The van der Waals surface area contributed by atoms with Crippen LogP contribution in [0.15, 0.2) is 24.6 Å². The van der Waals surface area contributed by atoms with E-state index in [0.29, 0.717) is 0 Å². The second kappa shape index (κ2) is 3.05. The highest BCUT2D eigenvalue weighted by Crippen LogP contribution is 1.96. The van der Waals surface area contributed by atoms with E-state index in [2.05, 4.69) is 10.3 Å². The van der Waals surface area contributed by atoms with E-state index in [1.807, 2.05) is 0 Å². The molecule has 0 amide bonds. The fourth-order valence-corrected chi connectivity index (χ4v) is 0.493. The smallest absolute Gasteiger partial charge is 0.249 e. The van der Waals surface area contributed by atoms with Gasteiger partial charge in [0.15, 0.2) is 0 Å². The van der Waals surface area contributed by atoms with Gasteiger partial charge in [0.05, 0.1) is 12.7 Å². The van der Waals surface area contributed by atoms with Gasteiger partial charge in [-0.1, -0.05) is 5.21 Å². The third-order valence-electron chi connectivity index (χ3n) is 0.905. The van der Waals surface area contributed by atoms with Crippen LogP contribution in [-0.4, -0.2) is 15.0 Å². The second-order valence-corrected chi connectivity index (χ2v) is 1.62. The standard InChI is InChI=1S/C5H5F2N3/c6-5(7)1-3-10-4-2-8-9-10/h1-2,4H,3H2. The lowest BCUT2D eigenvalue weighted by molar-refractivity contribution is 0.414. The Balaban J connectivity index is 2.49. The summed E-state index contributed by atoms with van der Waals surface area (Å²) in [5.41, 5.74) is 0. The first-order valence-electron chi connectivity index (χ1n) is 2.64. The molecule has 0 aliphatic rings. The topological polar surface area (TPSA) is 30.7 Å². The summed E-state index contributed by atoms with van der Waals surface area (Å²) < 4.78 is 24.2. The minimum atomic E-state index is -1.70. The van der Waals surface area contributed by atoms with Gasteiger partial charge in [0.2, 0.25) is 0 Å². The van der Waals surface area contributed by atoms with Crippen LogP contribution in [0.2, 0.25) is 0 Å². The summed E-state index contributed by atoms with van der Waals surface area (Å²) >= 11 is 0. The summed E-state index contributed by atoms with van der Waals surface area (Å²) in [6.45, 7) is 0.0718. The summed E-state index contributed by atoms with van der Waals surface area (Å²) in [6.07, 6.45) is 2.02. The Labute approximate surface area is 56.0 Å². The SMILES string of the molecule is FC(F)=CCn1ccnn1. The van der Waals surface area contributed by atoms with Gasteiger partial charge in [-0.05, 0) is 0 Å². The van der Waals surface area contributed by atoms with Crippen molar-refractivity contribution in [2.45, 2.75) is 6.54 Å². The number of nitrogens with zero attached hydrogens (tertiary/aromatic N) is 3. The highest BCUT2D eigenvalue weighted by Gasteiger charge is 1.89. The monoisotopic (exact) mass is 145 g/mol. The molecule has 5 heteroatoms. The molecule has 0 aliphatic carbocycles. The lowest BCUT2D eigenvalue weighted by Crippen LogP contribution is -1.95. The van der Waals surface area contributed by atoms with Crippen LogP contribution in [0.1, 0.15) is 0 Å². The van der Waals surface area contributed by atoms with Gasteiger partial charge in [0, 0.05) is 12.3 Å². The Morgan fingerprint density at radius 3 is 2.90 bits per heavy atom. The van der Waals surface area contributed by atoms with Crippen LogP contribution in [0.25, 0.3) is 0 Å². The molecule has 1 rings (SSSR count). The van der Waals surface area contributed by atoms with Crippen molar-refractivity contribution in [3.63, 3.8) is 0 Å². The maximum absolute atomic E-state index is 11.4. The van der Waals surface area contributed by atoms with E-state index >= 15 is 0 Å². The molecule has 0 radical (unpaired) electrons. The van der Waals surface area contributed by atoms with Crippen molar-refractivity contribution in [1.82, 2.24) is 15.0 Å². The maximum atomic E-state index is 11.4. The molecule has 0 N–H and O–H groups in total. The molecule has 0 bridgehead atoms. The number of halogens is 2. The minimum Gasteiger partial charge on any atom is -0.249 e. The Bertz CT molecular complexity index is 213. The number of hydrogen-bond donors (Lipinski definition) is 0. The Hall–Kier alpha value is -1.26. The molecule has 3 nitrogen and oxygen atoms in total. The molecule has 0 aromatic carbocycles. The van der Waals surface area contributed by atoms with Crippen molar-refractivity contribution >= 4 is 0 Å². The molecular weight excluding hydrogens is 140 g/mol. The molecule has 0 aliphatic heterocycles. The highest BCUT2D eigenvalue weighted by molar-refractivity contribution is 4.81. The highest BCUT2D eigenvalue weighted by atomic mass is 19.3. The summed E-state index contributed by atoms with van der Waals surface area (Å²) in [6, 6.07) is 0. The van der Waals surface area contributed by atoms with E-state index < -0.39 is 6.08 Å². The van der Waals surface area contributed by atoms with Crippen LogP contribution >= 0.6 is 0 Å². The molecule has 10 heavy (non-hydrogen) atoms. The molecule has 0 fully saturated rings. The molecule has 0 saturated heterocycles. The zero-order valence-electron chi connectivity index (χ0n) is 5.04. The van der Waals surface area contributed by atoms with Crippen molar-refractivity contribution in [2.75, 3.05) is 0 Å². The average molecular weight is 145 g/mol. The van der Waals surface area contributed by atoms with Gasteiger partial charge in [-0.15, -0.1) is 5.10 Å². The van der Waals surface area contributed by atoms with E-state index in [-0.39, 0.29) is 6.54 Å². The summed E-state index contributed by atoms with van der Waals surface area (Å²) in [7, 11) is 0. The Morgan fingerprint density at radius 1 is 1.60 bits per heavy atom. The zero-order valence-corrected chi connectivity index (χ0v) is 5.04.